The van der Waals surface area contributed by atoms with Gasteiger partial charge in [-0.05, 0) is 17.7 Å². The Bertz CT molecular complexity index is 312. The van der Waals surface area contributed by atoms with E-state index < -0.39 is 6.50 Å². The minimum atomic E-state index is -2.00. The summed E-state index contributed by atoms with van der Waals surface area (Å²) in [5.74, 6) is 0. The van der Waals surface area contributed by atoms with E-state index in [0.29, 0.717) is 0 Å². The minimum absolute atomic E-state index is 0.0292. The van der Waals surface area contributed by atoms with Crippen molar-refractivity contribution in [2.75, 3.05) is 0 Å². The Balaban J connectivity index is 3.29. The molecule has 1 nitrogen and oxygen atoms in total. The van der Waals surface area contributed by atoms with Crippen molar-refractivity contribution in [1.82, 2.24) is 0 Å². The van der Waals surface area contributed by atoms with Crippen LogP contribution in [0.5, 0.6) is 0 Å². The van der Waals surface area contributed by atoms with Gasteiger partial charge in [-0.3, -0.25) is 0 Å². The summed E-state index contributed by atoms with van der Waals surface area (Å²) in [6, 6.07) is 2.55. The monoisotopic (exact) mass is 178 g/mol. The molecule has 0 spiro atoms. The van der Waals surface area contributed by atoms with E-state index in [1.165, 1.54) is 12.1 Å². The molecule has 2 N–H and O–H groups in total. The van der Waals surface area contributed by atoms with Gasteiger partial charge in [0.2, 0.25) is 0 Å². The first-order valence-electron chi connectivity index (χ1n) is 4.07. The lowest BCUT2D eigenvalue weighted by Gasteiger charge is -1.97. The maximum Gasteiger partial charge on any atom is 0.0639 e. The van der Waals surface area contributed by atoms with Gasteiger partial charge in [-0.15, -0.1) is 0 Å². The number of hydrogen-bond acceptors (Lipinski definition) is 1. The summed E-state index contributed by atoms with van der Waals surface area (Å²) in [4.78, 5) is 0. The van der Waals surface area contributed by atoms with Gasteiger partial charge in [-0.2, -0.15) is 0 Å². The van der Waals surface area contributed by atoms with Crippen LogP contribution < -0.4 is 5.73 Å². The predicted molar refractivity (Wildman–Crippen MR) is 44.4 cm³/mol. The first-order valence-corrected chi connectivity index (χ1v) is 3.33. The molecule has 0 aliphatic carbocycles. The van der Waals surface area contributed by atoms with Crippen molar-refractivity contribution in [3.8, 4) is 0 Å². The maximum atomic E-state index is 7.34. The van der Waals surface area contributed by atoms with Crippen LogP contribution in [-0.2, 0) is 6.50 Å². The Morgan fingerprint density at radius 1 is 1.60 bits per heavy atom. The molecule has 0 unspecified atom stereocenters. The zero-order valence-electron chi connectivity index (χ0n) is 7.99. The molecular formula is C7H7Cl2N. The molecule has 0 fully saturated rings. The van der Waals surface area contributed by atoms with E-state index in [-0.39, 0.29) is 21.7 Å². The van der Waals surface area contributed by atoms with Crippen LogP contribution >= 0.6 is 23.2 Å². The molecule has 0 heterocycles. The Kier molecular flexibility index (Phi) is 1.49. The van der Waals surface area contributed by atoms with E-state index in [4.69, 9.17) is 33.0 Å². The van der Waals surface area contributed by atoms with Crippen LogP contribution in [0.1, 0.15) is 9.68 Å². The first-order chi connectivity index (χ1) is 5.82. The Labute approximate surface area is 74.0 Å². The molecule has 3 heteroatoms. The quantitative estimate of drug-likeness (QED) is 0.703. The molecule has 0 atom stereocenters. The highest BCUT2D eigenvalue weighted by Crippen LogP contribution is 2.21. The Hall–Kier alpha value is -0.240. The van der Waals surface area contributed by atoms with Gasteiger partial charge in [0.05, 0.1) is 11.4 Å². The molecule has 1 rings (SSSR count). The van der Waals surface area contributed by atoms with Crippen molar-refractivity contribution >= 4 is 23.2 Å². The second-order valence-electron chi connectivity index (χ2n) is 1.69. The topological polar surface area (TPSA) is 26.0 Å². The lowest BCUT2D eigenvalue weighted by atomic mass is 10.2. The highest BCUT2D eigenvalue weighted by Gasteiger charge is 1.96. The fraction of sp³-hybridized carbons (Fsp3) is 0.143. The third kappa shape index (κ3) is 1.63. The SMILES string of the molecule is [2H]c1cc(C([2H])([2H])N)cc(Cl)c1Cl. The van der Waals surface area contributed by atoms with Gasteiger partial charge in [-0.1, -0.05) is 29.3 Å². The Morgan fingerprint density at radius 3 is 2.80 bits per heavy atom. The van der Waals surface area contributed by atoms with Gasteiger partial charge in [0.1, 0.15) is 0 Å². The van der Waals surface area contributed by atoms with Crippen LogP contribution in [-0.4, -0.2) is 0 Å². The van der Waals surface area contributed by atoms with Crippen LogP contribution in [0.25, 0.3) is 0 Å². The minimum Gasteiger partial charge on any atom is -0.326 e. The molecule has 1 aromatic rings. The number of benzene rings is 1. The third-order valence-corrected chi connectivity index (χ3v) is 1.72. The zero-order valence-corrected chi connectivity index (χ0v) is 6.50. The van der Waals surface area contributed by atoms with Crippen LogP contribution in [0.2, 0.25) is 10.0 Å². The summed E-state index contributed by atoms with van der Waals surface area (Å²) in [7, 11) is 0. The normalized spacial score (nSPS) is 15.7. The summed E-state index contributed by atoms with van der Waals surface area (Å²) < 4.78 is 21.7. The fourth-order valence-corrected chi connectivity index (χ4v) is 0.816. The van der Waals surface area contributed by atoms with Gasteiger partial charge in [0.15, 0.2) is 0 Å². The molecule has 10 heavy (non-hydrogen) atoms. The van der Waals surface area contributed by atoms with E-state index >= 15 is 0 Å². The van der Waals surface area contributed by atoms with Crippen molar-refractivity contribution in [3.63, 3.8) is 0 Å². The highest BCUT2D eigenvalue weighted by atomic mass is 35.5. The molecule has 0 amide bonds. The van der Waals surface area contributed by atoms with Crippen LogP contribution in [0.15, 0.2) is 18.2 Å². The number of halogens is 2. The number of rotatable bonds is 1. The maximum absolute atomic E-state index is 7.34. The molecule has 1 aromatic carbocycles. The van der Waals surface area contributed by atoms with Gasteiger partial charge < -0.3 is 5.73 Å². The lowest BCUT2D eigenvalue weighted by molar-refractivity contribution is 1.07. The smallest absolute Gasteiger partial charge is 0.0639 e. The molecule has 0 aromatic heterocycles. The fourth-order valence-electron chi connectivity index (χ4n) is 0.535. The highest BCUT2D eigenvalue weighted by molar-refractivity contribution is 6.41. The van der Waals surface area contributed by atoms with Crippen molar-refractivity contribution in [3.05, 3.63) is 33.8 Å². The van der Waals surface area contributed by atoms with Crippen molar-refractivity contribution in [2.45, 2.75) is 6.50 Å². The van der Waals surface area contributed by atoms with E-state index in [2.05, 4.69) is 0 Å². The van der Waals surface area contributed by atoms with E-state index in [1.807, 2.05) is 0 Å². The molecular weight excluding hydrogens is 169 g/mol. The summed E-state index contributed by atoms with van der Waals surface area (Å²) in [6.45, 7) is -2.00. The van der Waals surface area contributed by atoms with Crippen LogP contribution in [0.3, 0.4) is 0 Å². The molecule has 0 aliphatic rings. The van der Waals surface area contributed by atoms with Crippen molar-refractivity contribution in [2.24, 2.45) is 5.73 Å². The average molecular weight is 179 g/mol. The first kappa shape index (κ1) is 4.60. The summed E-state index contributed by atoms with van der Waals surface area (Å²) in [6.07, 6.45) is 0. The third-order valence-electron chi connectivity index (χ3n) is 1.01. The molecule has 0 aliphatic heterocycles. The molecule has 0 bridgehead atoms. The van der Waals surface area contributed by atoms with Gasteiger partial charge in [0, 0.05) is 9.24 Å². The van der Waals surface area contributed by atoms with E-state index in [9.17, 15) is 0 Å². The summed E-state index contributed by atoms with van der Waals surface area (Å²) in [5.41, 5.74) is 5.34. The van der Waals surface area contributed by atoms with Gasteiger partial charge >= 0.3 is 0 Å². The van der Waals surface area contributed by atoms with E-state index in [0.717, 1.165) is 0 Å². The second-order valence-corrected chi connectivity index (χ2v) is 2.48. The molecule has 0 radical (unpaired) electrons. The largest absolute Gasteiger partial charge is 0.326 e. The van der Waals surface area contributed by atoms with Gasteiger partial charge in [-0.25, -0.2) is 0 Å². The van der Waals surface area contributed by atoms with E-state index in [1.54, 1.807) is 0 Å². The predicted octanol–water partition coefficient (Wildman–Crippen LogP) is 2.45. The standard InChI is InChI=1S/C7H7Cl2N/c8-6-2-1-5(4-10)3-7(6)9/h1-3H,4,10H2/i2D,4D2. The second kappa shape index (κ2) is 3.24. The van der Waals surface area contributed by atoms with Crippen molar-refractivity contribution < 1.29 is 4.11 Å². The van der Waals surface area contributed by atoms with Crippen molar-refractivity contribution in [1.29, 1.82) is 0 Å². The average Bonchev–Trinajstić information content (AvgIpc) is 1.97. The molecule has 0 saturated carbocycles. The lowest BCUT2D eigenvalue weighted by Crippen LogP contribution is -1.95. The number of hydrogen-bond donors (Lipinski definition) is 1. The zero-order chi connectivity index (χ0) is 10.2. The summed E-state index contributed by atoms with van der Waals surface area (Å²) in [5, 5.41) is 0.244. The number of nitrogens with two attached hydrogens (primary N) is 1. The van der Waals surface area contributed by atoms with Crippen LogP contribution in [0.4, 0.5) is 0 Å². The van der Waals surface area contributed by atoms with Crippen LogP contribution in [0, 0.1) is 0 Å². The molecule has 54 valence electrons. The Morgan fingerprint density at radius 2 is 2.30 bits per heavy atom. The summed E-state index contributed by atoms with van der Waals surface area (Å²) >= 11 is 11.3. The van der Waals surface area contributed by atoms with Gasteiger partial charge in [0.25, 0.3) is 0 Å². The molecule has 0 saturated heterocycles.